The zero-order valence-corrected chi connectivity index (χ0v) is 21.0. The molecule has 186 valence electrons. The number of sulfonamides is 1. The zero-order valence-electron chi connectivity index (χ0n) is 20.2. The van der Waals surface area contributed by atoms with E-state index in [1.165, 1.54) is 13.2 Å². The van der Waals surface area contributed by atoms with E-state index in [0.717, 1.165) is 5.56 Å². The third-order valence-electron chi connectivity index (χ3n) is 5.89. The molecule has 0 aliphatic carbocycles. The maximum atomic E-state index is 13.7. The summed E-state index contributed by atoms with van der Waals surface area (Å²) >= 11 is 0. The van der Waals surface area contributed by atoms with Gasteiger partial charge in [0.05, 0.1) is 24.0 Å². The number of hydrogen-bond donors (Lipinski definition) is 1. The van der Waals surface area contributed by atoms with E-state index in [2.05, 4.69) is 10.3 Å². The van der Waals surface area contributed by atoms with Crippen LogP contribution in [0.1, 0.15) is 59.7 Å². The van der Waals surface area contributed by atoms with Crippen molar-refractivity contribution in [2.45, 2.75) is 45.3 Å². The highest BCUT2D eigenvalue weighted by atomic mass is 32.2. The first-order valence-corrected chi connectivity index (χ1v) is 13.2. The SMILES string of the molecule is CCCC(=O)c1cc(C#N)c(N(C(=O)C2CCNCC2)S(=O)(=O)Cc2ccc(C)cc2)nc1OC. The monoisotopic (exact) mass is 498 g/mol. The molecule has 2 heterocycles. The number of Topliss-reactive ketones (excluding diaryl/α,β-unsaturated/α-hetero) is 1. The molecule has 0 atom stereocenters. The molecule has 0 saturated carbocycles. The van der Waals surface area contributed by atoms with Crippen molar-refractivity contribution in [3.8, 4) is 11.9 Å². The quantitative estimate of drug-likeness (QED) is 0.522. The van der Waals surface area contributed by atoms with Crippen LogP contribution in [0.25, 0.3) is 0 Å². The molecule has 9 nitrogen and oxygen atoms in total. The van der Waals surface area contributed by atoms with E-state index < -0.39 is 27.6 Å². The third kappa shape index (κ3) is 6.05. The van der Waals surface area contributed by atoms with Crippen LogP contribution in [-0.2, 0) is 20.6 Å². The van der Waals surface area contributed by atoms with E-state index >= 15 is 0 Å². The minimum absolute atomic E-state index is 0.0832. The molecule has 0 spiro atoms. The zero-order chi connectivity index (χ0) is 25.6. The van der Waals surface area contributed by atoms with Crippen LogP contribution in [0, 0.1) is 24.2 Å². The predicted octanol–water partition coefficient (Wildman–Crippen LogP) is 3.12. The number of nitrogens with one attached hydrogen (secondary N) is 1. The van der Waals surface area contributed by atoms with Crippen molar-refractivity contribution in [3.05, 3.63) is 52.6 Å². The van der Waals surface area contributed by atoms with Crippen molar-refractivity contribution >= 4 is 27.5 Å². The van der Waals surface area contributed by atoms with Gasteiger partial charge in [-0.2, -0.15) is 14.6 Å². The fourth-order valence-electron chi connectivity index (χ4n) is 4.01. The highest BCUT2D eigenvalue weighted by molar-refractivity contribution is 7.92. The van der Waals surface area contributed by atoms with Gasteiger partial charge in [0.2, 0.25) is 21.8 Å². The van der Waals surface area contributed by atoms with Crippen LogP contribution in [0.2, 0.25) is 0 Å². The summed E-state index contributed by atoms with van der Waals surface area (Å²) < 4.78 is 33.3. The standard InChI is InChI=1S/C25H30N4O5S/c1-4-5-22(30)21-14-20(15-26)23(28-24(21)34-3)29(25(31)19-10-12-27-13-11-19)35(32,33)16-18-8-6-17(2)7-9-18/h6-9,14,19,27H,4-5,10-13,16H2,1-3H3. The van der Waals surface area contributed by atoms with Gasteiger partial charge in [0.25, 0.3) is 0 Å². The van der Waals surface area contributed by atoms with Crippen LogP contribution in [0.4, 0.5) is 5.82 Å². The molecule has 1 aromatic carbocycles. The number of methoxy groups -OCH3 is 1. The lowest BCUT2D eigenvalue weighted by Crippen LogP contribution is -2.45. The Kier molecular flexibility index (Phi) is 8.59. The summed E-state index contributed by atoms with van der Waals surface area (Å²) in [6.45, 7) is 4.89. The van der Waals surface area contributed by atoms with E-state index in [-0.39, 0.29) is 35.0 Å². The first-order valence-electron chi connectivity index (χ1n) is 11.6. The Balaban J connectivity index is 2.16. The van der Waals surface area contributed by atoms with Crippen molar-refractivity contribution in [2.75, 3.05) is 24.5 Å². The Morgan fingerprint density at radius 2 is 1.89 bits per heavy atom. The van der Waals surface area contributed by atoms with Crippen LogP contribution in [0.3, 0.4) is 0 Å². The number of carbonyl (C=O) groups excluding carboxylic acids is 2. The molecule has 1 aliphatic rings. The second-order valence-electron chi connectivity index (χ2n) is 8.57. The Labute approximate surface area is 206 Å². The average Bonchev–Trinajstić information content (AvgIpc) is 2.85. The molecule has 2 aromatic rings. The minimum atomic E-state index is -4.28. The van der Waals surface area contributed by atoms with Gasteiger partial charge >= 0.3 is 0 Å². The maximum absolute atomic E-state index is 13.7. The maximum Gasteiger partial charge on any atom is 0.247 e. The second kappa shape index (κ2) is 11.4. The first-order chi connectivity index (χ1) is 16.7. The summed E-state index contributed by atoms with van der Waals surface area (Å²) in [4.78, 5) is 30.5. The van der Waals surface area contributed by atoms with Crippen LogP contribution in [0.5, 0.6) is 5.88 Å². The predicted molar refractivity (Wildman–Crippen MR) is 132 cm³/mol. The molecule has 10 heteroatoms. The molecule has 0 bridgehead atoms. The van der Waals surface area contributed by atoms with Crippen LogP contribution in [-0.4, -0.2) is 45.3 Å². The van der Waals surface area contributed by atoms with Crippen molar-refractivity contribution in [1.82, 2.24) is 10.3 Å². The average molecular weight is 499 g/mol. The van der Waals surface area contributed by atoms with E-state index in [1.807, 2.05) is 19.9 Å². The lowest BCUT2D eigenvalue weighted by molar-refractivity contribution is -0.121. The summed E-state index contributed by atoms with van der Waals surface area (Å²) in [7, 11) is -2.98. The number of aryl methyl sites for hydroxylation is 1. The van der Waals surface area contributed by atoms with Gasteiger partial charge in [-0.05, 0) is 50.9 Å². The molecule has 1 N–H and O–H groups in total. The van der Waals surface area contributed by atoms with Crippen molar-refractivity contribution in [3.63, 3.8) is 0 Å². The first kappa shape index (κ1) is 26.3. The van der Waals surface area contributed by atoms with E-state index in [1.54, 1.807) is 24.3 Å². The summed E-state index contributed by atoms with van der Waals surface area (Å²) in [5.41, 5.74) is 1.37. The number of carbonyl (C=O) groups is 2. The number of pyridine rings is 1. The normalized spacial score (nSPS) is 14.2. The molecular formula is C25H30N4O5S. The number of aromatic nitrogens is 1. The highest BCUT2D eigenvalue weighted by Gasteiger charge is 2.38. The Hall–Kier alpha value is -3.29. The number of nitriles is 1. The van der Waals surface area contributed by atoms with Gasteiger partial charge in [-0.1, -0.05) is 36.8 Å². The fraction of sp³-hybridized carbons (Fsp3) is 0.440. The second-order valence-corrected chi connectivity index (χ2v) is 10.4. The molecule has 0 radical (unpaired) electrons. The number of ketones is 1. The largest absolute Gasteiger partial charge is 0.480 e. The topological polar surface area (TPSA) is 129 Å². The Bertz CT molecular complexity index is 1230. The summed E-state index contributed by atoms with van der Waals surface area (Å²) in [5, 5.41) is 13.0. The number of hydrogen-bond acceptors (Lipinski definition) is 8. The minimum Gasteiger partial charge on any atom is -0.480 e. The molecule has 1 saturated heterocycles. The van der Waals surface area contributed by atoms with Crippen molar-refractivity contribution in [1.29, 1.82) is 5.26 Å². The highest BCUT2D eigenvalue weighted by Crippen LogP contribution is 2.32. The van der Waals surface area contributed by atoms with Crippen molar-refractivity contribution in [2.24, 2.45) is 5.92 Å². The van der Waals surface area contributed by atoms with Crippen LogP contribution < -0.4 is 14.4 Å². The lowest BCUT2D eigenvalue weighted by Gasteiger charge is -2.29. The summed E-state index contributed by atoms with van der Waals surface area (Å²) in [6.07, 6.45) is 1.71. The fourth-order valence-corrected chi connectivity index (χ4v) is 5.58. The molecular weight excluding hydrogens is 468 g/mol. The van der Waals surface area contributed by atoms with E-state index in [4.69, 9.17) is 4.74 Å². The molecule has 1 aliphatic heterocycles. The number of anilines is 1. The number of rotatable bonds is 9. The summed E-state index contributed by atoms with van der Waals surface area (Å²) in [5.74, 6) is -2.38. The Morgan fingerprint density at radius 1 is 1.23 bits per heavy atom. The van der Waals surface area contributed by atoms with Gasteiger partial charge in [0.15, 0.2) is 11.6 Å². The van der Waals surface area contributed by atoms with Crippen molar-refractivity contribution < 1.29 is 22.7 Å². The number of benzene rings is 1. The van der Waals surface area contributed by atoms with Gasteiger partial charge in [0.1, 0.15) is 6.07 Å². The molecule has 1 aromatic heterocycles. The van der Waals surface area contributed by atoms with Crippen LogP contribution >= 0.6 is 0 Å². The molecule has 0 unspecified atom stereocenters. The van der Waals surface area contributed by atoms with Gasteiger partial charge in [0, 0.05) is 12.3 Å². The van der Waals surface area contributed by atoms with E-state index in [9.17, 15) is 23.3 Å². The number of amides is 1. The molecule has 1 amide bonds. The Morgan fingerprint density at radius 3 is 2.46 bits per heavy atom. The van der Waals surface area contributed by atoms with Gasteiger partial charge in [-0.15, -0.1) is 0 Å². The van der Waals surface area contributed by atoms with E-state index in [0.29, 0.717) is 42.2 Å². The lowest BCUT2D eigenvalue weighted by atomic mass is 9.97. The number of piperidine rings is 1. The molecule has 3 rings (SSSR count). The van der Waals surface area contributed by atoms with Gasteiger partial charge < -0.3 is 10.1 Å². The third-order valence-corrected chi connectivity index (χ3v) is 7.49. The molecule has 1 fully saturated rings. The van der Waals surface area contributed by atoms with Gasteiger partial charge in [-0.3, -0.25) is 9.59 Å². The summed E-state index contributed by atoms with van der Waals surface area (Å²) in [6, 6.07) is 10.1. The smallest absolute Gasteiger partial charge is 0.247 e. The molecule has 35 heavy (non-hydrogen) atoms. The van der Waals surface area contributed by atoms with Crippen LogP contribution in [0.15, 0.2) is 30.3 Å². The number of nitrogens with zero attached hydrogens (tertiary/aromatic N) is 3. The number of ether oxygens (including phenoxy) is 1. The van der Waals surface area contributed by atoms with Gasteiger partial charge in [-0.25, -0.2) is 8.42 Å².